The van der Waals surface area contributed by atoms with E-state index in [9.17, 15) is 18.8 Å². The van der Waals surface area contributed by atoms with E-state index in [2.05, 4.69) is 26.1 Å². The van der Waals surface area contributed by atoms with E-state index in [1.165, 1.54) is 12.1 Å². The first-order valence-electron chi connectivity index (χ1n) is 15.0. The van der Waals surface area contributed by atoms with Gasteiger partial charge in [0.2, 0.25) is 0 Å². The minimum Gasteiger partial charge on any atom is -0.460 e. The summed E-state index contributed by atoms with van der Waals surface area (Å²) in [5, 5.41) is 2.71. The van der Waals surface area contributed by atoms with Gasteiger partial charge in [-0.1, -0.05) is 44.5 Å². The molecule has 0 bridgehead atoms. The molecule has 0 saturated heterocycles. The number of aliphatic imine (C=N–C) groups is 1. The monoisotopic (exact) mass is 611 g/mol. The zero-order valence-corrected chi connectivity index (χ0v) is 27.0. The number of nitrogens with one attached hydrogen (secondary N) is 1. The summed E-state index contributed by atoms with van der Waals surface area (Å²) in [7, 11) is 0. The van der Waals surface area contributed by atoms with Gasteiger partial charge in [0.15, 0.2) is 0 Å². The van der Waals surface area contributed by atoms with E-state index in [0.29, 0.717) is 22.8 Å². The molecule has 2 aromatic carbocycles. The second kappa shape index (κ2) is 12.4. The second-order valence-electron chi connectivity index (χ2n) is 13.8. The number of halogens is 2. The van der Waals surface area contributed by atoms with Crippen molar-refractivity contribution in [3.63, 3.8) is 0 Å². The van der Waals surface area contributed by atoms with Crippen LogP contribution < -0.4 is 5.32 Å². The lowest BCUT2D eigenvalue weighted by Crippen LogP contribution is -2.50. The van der Waals surface area contributed by atoms with Crippen LogP contribution in [0.2, 0.25) is 5.02 Å². The van der Waals surface area contributed by atoms with Crippen molar-refractivity contribution in [3.8, 4) is 0 Å². The molecule has 1 aliphatic heterocycles. The Morgan fingerprint density at radius 1 is 1.09 bits per heavy atom. The molecular formula is C34H43ClFN3O4. The number of amides is 2. The van der Waals surface area contributed by atoms with Gasteiger partial charge in [0, 0.05) is 17.7 Å². The van der Waals surface area contributed by atoms with Crippen molar-refractivity contribution >= 4 is 35.1 Å². The Bertz CT molecular complexity index is 1400. The number of carbonyl (C=O) groups excluding carboxylic acids is 3. The Labute approximate surface area is 259 Å². The predicted octanol–water partition coefficient (Wildman–Crippen LogP) is 7.27. The first-order valence-corrected chi connectivity index (χ1v) is 15.4. The maximum atomic E-state index is 14.1. The van der Waals surface area contributed by atoms with E-state index < -0.39 is 17.1 Å². The zero-order chi connectivity index (χ0) is 31.7. The second-order valence-corrected chi connectivity index (χ2v) is 14.2. The number of rotatable bonds is 7. The maximum absolute atomic E-state index is 14.1. The first-order chi connectivity index (χ1) is 20.0. The van der Waals surface area contributed by atoms with Crippen LogP contribution in [0.1, 0.15) is 108 Å². The van der Waals surface area contributed by atoms with Gasteiger partial charge in [-0.3, -0.25) is 19.4 Å². The van der Waals surface area contributed by atoms with E-state index in [1.807, 2.05) is 24.0 Å². The largest absolute Gasteiger partial charge is 0.460 e. The third-order valence-electron chi connectivity index (χ3n) is 8.47. The van der Waals surface area contributed by atoms with Crippen molar-refractivity contribution in [1.29, 1.82) is 0 Å². The van der Waals surface area contributed by atoms with Gasteiger partial charge in [-0.15, -0.1) is 0 Å². The molecule has 1 N–H and O–H groups in total. The minimum absolute atomic E-state index is 0.0510. The van der Waals surface area contributed by atoms with E-state index >= 15 is 0 Å². The van der Waals surface area contributed by atoms with Crippen LogP contribution in [-0.2, 0) is 14.3 Å². The average Bonchev–Trinajstić information content (AvgIpc) is 3.19. The Morgan fingerprint density at radius 2 is 1.72 bits per heavy atom. The average molecular weight is 612 g/mol. The van der Waals surface area contributed by atoms with Crippen molar-refractivity contribution in [2.45, 2.75) is 97.9 Å². The molecule has 2 aliphatic rings. The van der Waals surface area contributed by atoms with Crippen LogP contribution >= 0.6 is 11.6 Å². The number of carbonyl (C=O) groups is 3. The van der Waals surface area contributed by atoms with E-state index in [-0.39, 0.29) is 47.2 Å². The SMILES string of the molecule is CC(c1ccc(C(=O)NCCC(=O)OC(C)(C)C)cc1)N1C(=O)C(c2ccc(F)c(Cl)c2)=NC12CCC(C(C)(C)C)CC2. The molecule has 1 fully saturated rings. The number of esters is 1. The fraction of sp³-hybridized carbons (Fsp3) is 0.529. The third-order valence-corrected chi connectivity index (χ3v) is 8.76. The fourth-order valence-corrected chi connectivity index (χ4v) is 6.29. The van der Waals surface area contributed by atoms with Crippen LogP contribution in [0.5, 0.6) is 0 Å². The number of ether oxygens (including phenoxy) is 1. The van der Waals surface area contributed by atoms with Crippen LogP contribution in [-0.4, -0.2) is 46.2 Å². The molecule has 1 spiro atoms. The summed E-state index contributed by atoms with van der Waals surface area (Å²) < 4.78 is 19.2. The Kier molecular flexibility index (Phi) is 9.41. The normalized spacial score (nSPS) is 21.5. The molecule has 2 amide bonds. The molecule has 43 heavy (non-hydrogen) atoms. The number of hydrogen-bond acceptors (Lipinski definition) is 5. The van der Waals surface area contributed by atoms with Gasteiger partial charge >= 0.3 is 5.97 Å². The molecule has 2 aromatic rings. The Morgan fingerprint density at radius 3 is 2.28 bits per heavy atom. The van der Waals surface area contributed by atoms with E-state index in [4.69, 9.17) is 21.3 Å². The van der Waals surface area contributed by atoms with E-state index in [1.54, 1.807) is 39.0 Å². The summed E-state index contributed by atoms with van der Waals surface area (Å²) >= 11 is 6.08. The van der Waals surface area contributed by atoms with Crippen LogP contribution in [0.3, 0.4) is 0 Å². The summed E-state index contributed by atoms with van der Waals surface area (Å²) in [5.74, 6) is -0.916. The summed E-state index contributed by atoms with van der Waals surface area (Å²) in [5.41, 5.74) is 0.973. The zero-order valence-electron chi connectivity index (χ0n) is 26.2. The number of nitrogens with zero attached hydrogens (tertiary/aromatic N) is 2. The molecule has 1 unspecified atom stereocenters. The molecule has 1 atom stereocenters. The highest BCUT2D eigenvalue weighted by Crippen LogP contribution is 2.49. The summed E-state index contributed by atoms with van der Waals surface area (Å²) in [4.78, 5) is 45.7. The molecule has 4 rings (SSSR count). The van der Waals surface area contributed by atoms with Crippen LogP contribution in [0.25, 0.3) is 0 Å². The van der Waals surface area contributed by atoms with Crippen LogP contribution in [0, 0.1) is 17.2 Å². The molecule has 1 aliphatic carbocycles. The van der Waals surface area contributed by atoms with E-state index in [0.717, 1.165) is 31.2 Å². The lowest BCUT2D eigenvalue weighted by molar-refractivity contribution is -0.154. The molecule has 1 saturated carbocycles. The molecular weight excluding hydrogens is 569 g/mol. The molecule has 1 heterocycles. The molecule has 9 heteroatoms. The van der Waals surface area contributed by atoms with Gasteiger partial charge in [0.05, 0.1) is 17.5 Å². The Hall–Kier alpha value is -3.26. The van der Waals surface area contributed by atoms with Crippen molar-refractivity contribution in [1.82, 2.24) is 10.2 Å². The van der Waals surface area contributed by atoms with Crippen molar-refractivity contribution < 1.29 is 23.5 Å². The molecule has 232 valence electrons. The highest BCUT2D eigenvalue weighted by molar-refractivity contribution is 6.47. The molecule has 7 nitrogen and oxygen atoms in total. The number of benzene rings is 2. The maximum Gasteiger partial charge on any atom is 0.308 e. The third kappa shape index (κ3) is 7.46. The van der Waals surface area contributed by atoms with Gasteiger partial charge in [0.25, 0.3) is 11.8 Å². The van der Waals surface area contributed by atoms with Gasteiger partial charge in [-0.05, 0) is 101 Å². The van der Waals surface area contributed by atoms with Crippen molar-refractivity contribution in [2.75, 3.05) is 6.54 Å². The summed E-state index contributed by atoms with van der Waals surface area (Å²) in [6.45, 7) is 14.3. The Balaban J connectivity index is 1.53. The van der Waals surface area contributed by atoms with Gasteiger partial charge in [-0.25, -0.2) is 4.39 Å². The standard InChI is InChI=1S/C34H43ClFN3O4/c1-21(22-8-10-23(11-9-22)30(41)37-19-16-28(40)43-33(5,6)7)39-31(42)29(24-12-13-27(36)26(35)20-24)38-34(39)17-14-25(15-18-34)32(2,3)4/h8-13,20-21,25H,14-19H2,1-7H3,(H,37,41). The highest BCUT2D eigenvalue weighted by atomic mass is 35.5. The van der Waals surface area contributed by atoms with Crippen molar-refractivity contribution in [2.24, 2.45) is 16.3 Å². The van der Waals surface area contributed by atoms with Gasteiger partial charge in [0.1, 0.15) is 22.8 Å². The smallest absolute Gasteiger partial charge is 0.308 e. The van der Waals surface area contributed by atoms with Crippen molar-refractivity contribution in [3.05, 3.63) is 70.0 Å². The summed E-state index contributed by atoms with van der Waals surface area (Å²) in [6, 6.07) is 11.1. The lowest BCUT2D eigenvalue weighted by atomic mass is 9.69. The summed E-state index contributed by atoms with van der Waals surface area (Å²) in [6.07, 6.45) is 3.39. The fourth-order valence-electron chi connectivity index (χ4n) is 6.11. The predicted molar refractivity (Wildman–Crippen MR) is 167 cm³/mol. The molecule has 0 radical (unpaired) electrons. The highest BCUT2D eigenvalue weighted by Gasteiger charge is 2.52. The topological polar surface area (TPSA) is 88.1 Å². The van der Waals surface area contributed by atoms with Gasteiger partial charge in [-0.2, -0.15) is 0 Å². The number of hydrogen-bond donors (Lipinski definition) is 1. The first kappa shape index (κ1) is 32.6. The minimum atomic E-state index is -0.716. The van der Waals surface area contributed by atoms with Crippen LogP contribution in [0.15, 0.2) is 47.5 Å². The lowest BCUT2D eigenvalue weighted by Gasteiger charge is -2.46. The van der Waals surface area contributed by atoms with Crippen LogP contribution in [0.4, 0.5) is 4.39 Å². The quantitative estimate of drug-likeness (QED) is 0.334. The molecule has 0 aromatic heterocycles. The van der Waals surface area contributed by atoms with Gasteiger partial charge < -0.3 is 15.0 Å².